The Hall–Kier alpha value is -2.77. The lowest BCUT2D eigenvalue weighted by molar-refractivity contribution is 0.587. The van der Waals surface area contributed by atoms with Crippen molar-refractivity contribution in [2.24, 2.45) is 0 Å². The Morgan fingerprint density at radius 2 is 1.21 bits per heavy atom. The molecule has 34 heavy (non-hydrogen) atoms. The van der Waals surface area contributed by atoms with Crippen LogP contribution >= 0.6 is 15.9 Å². The van der Waals surface area contributed by atoms with Crippen molar-refractivity contribution < 1.29 is 0 Å². The van der Waals surface area contributed by atoms with Crippen LogP contribution in [0.15, 0.2) is 95.5 Å². The van der Waals surface area contributed by atoms with Gasteiger partial charge in [0.05, 0.1) is 12.3 Å². The maximum Gasteiger partial charge on any atom is 0.125 e. The number of hydrogen-bond donors (Lipinski definition) is 0. The lowest BCUT2D eigenvalue weighted by atomic mass is 9.66. The predicted molar refractivity (Wildman–Crippen MR) is 149 cm³/mol. The van der Waals surface area contributed by atoms with Crippen molar-refractivity contribution in [2.45, 2.75) is 50.9 Å². The Labute approximate surface area is 213 Å². The van der Waals surface area contributed by atoms with E-state index >= 15 is 0 Å². The molecule has 0 radical (unpaired) electrons. The van der Waals surface area contributed by atoms with Gasteiger partial charge in [0.1, 0.15) is 5.41 Å². The monoisotopic (exact) mass is 507 g/mol. The van der Waals surface area contributed by atoms with E-state index in [4.69, 9.17) is 0 Å². The van der Waals surface area contributed by atoms with Gasteiger partial charge in [-0.2, -0.15) is 0 Å². The molecule has 0 saturated heterocycles. The summed E-state index contributed by atoms with van der Waals surface area (Å²) in [5.41, 5.74) is 9.95. The summed E-state index contributed by atoms with van der Waals surface area (Å²) in [4.78, 5) is 0. The summed E-state index contributed by atoms with van der Waals surface area (Å²) < 4.78 is 1.10. The highest BCUT2D eigenvalue weighted by Gasteiger charge is 2.46. The largest absolute Gasteiger partial charge is 0.125 e. The normalized spacial score (nSPS) is 17.4. The maximum atomic E-state index is 4.45. The van der Waals surface area contributed by atoms with Crippen molar-refractivity contribution in [3.63, 3.8) is 0 Å². The van der Waals surface area contributed by atoms with Crippen LogP contribution in [0.25, 0.3) is 11.1 Å². The zero-order valence-electron chi connectivity index (χ0n) is 20.7. The van der Waals surface area contributed by atoms with Crippen molar-refractivity contribution in [3.8, 4) is 11.1 Å². The highest BCUT2D eigenvalue weighted by atomic mass is 79.9. The fraction of sp³-hybridized carbons (Fsp3) is 0.242. The Bertz CT molecular complexity index is 1320. The number of fused-ring (bicyclic) bond motifs is 3. The van der Waals surface area contributed by atoms with Crippen LogP contribution in [0.1, 0.15) is 68.0 Å². The summed E-state index contributed by atoms with van der Waals surface area (Å²) in [6, 6.07) is 34.0. The lowest BCUT2D eigenvalue weighted by Gasteiger charge is -2.35. The molecule has 0 spiro atoms. The summed E-state index contributed by atoms with van der Waals surface area (Å²) in [6.07, 6.45) is 0. The Kier molecular flexibility index (Phi) is 5.33. The molecule has 5 rings (SSSR count). The molecule has 4 aromatic carbocycles. The third-order valence-corrected chi connectivity index (χ3v) is 7.74. The molecular weight excluding hydrogens is 476 g/mol. The van der Waals surface area contributed by atoms with Gasteiger partial charge in [0.15, 0.2) is 0 Å². The fourth-order valence-electron chi connectivity index (χ4n) is 5.43. The Balaban J connectivity index is 1.95. The van der Waals surface area contributed by atoms with Gasteiger partial charge in [-0.25, -0.2) is 0 Å². The van der Waals surface area contributed by atoms with E-state index in [9.17, 15) is 0 Å². The zero-order valence-corrected chi connectivity index (χ0v) is 22.3. The summed E-state index contributed by atoms with van der Waals surface area (Å²) in [6.45, 7) is 15.7. The van der Waals surface area contributed by atoms with E-state index in [2.05, 4.69) is 148 Å². The third-order valence-electron chi connectivity index (χ3n) is 7.25. The van der Waals surface area contributed by atoms with Crippen molar-refractivity contribution in [2.75, 3.05) is 0 Å². The van der Waals surface area contributed by atoms with E-state index in [1.54, 1.807) is 0 Å². The molecule has 1 aliphatic rings. The Morgan fingerprint density at radius 3 is 1.85 bits per heavy atom. The lowest BCUT2D eigenvalue weighted by Crippen LogP contribution is -2.30. The van der Waals surface area contributed by atoms with E-state index < -0.39 is 5.41 Å². The van der Waals surface area contributed by atoms with Crippen LogP contribution in [0.4, 0.5) is 0 Å². The number of benzene rings is 4. The molecule has 0 aromatic heterocycles. The van der Waals surface area contributed by atoms with Gasteiger partial charge in [-0.05, 0) is 76.4 Å². The van der Waals surface area contributed by atoms with Crippen LogP contribution in [0.2, 0.25) is 0 Å². The fourth-order valence-corrected chi connectivity index (χ4v) is 5.79. The average Bonchev–Trinajstić information content (AvgIpc) is 3.08. The first kappa shape index (κ1) is 23.0. The first-order valence-electron chi connectivity index (χ1n) is 12.0. The van der Waals surface area contributed by atoms with Gasteiger partial charge in [-0.15, -0.1) is 0 Å². The van der Waals surface area contributed by atoms with Gasteiger partial charge in [0.2, 0.25) is 0 Å². The predicted octanol–water partition coefficient (Wildman–Crippen LogP) is 9.22. The van der Waals surface area contributed by atoms with Gasteiger partial charge in [0, 0.05) is 10.0 Å². The second-order valence-corrected chi connectivity index (χ2v) is 12.2. The third kappa shape index (κ3) is 3.53. The number of rotatable bonds is 3. The van der Waals surface area contributed by atoms with Gasteiger partial charge in [0.25, 0.3) is 0 Å². The van der Waals surface area contributed by atoms with Crippen LogP contribution in [0.5, 0.6) is 0 Å². The van der Waals surface area contributed by atoms with E-state index in [1.165, 1.54) is 44.5 Å². The van der Waals surface area contributed by atoms with Crippen LogP contribution in [0.3, 0.4) is 0 Å². The topological polar surface area (TPSA) is 0 Å². The summed E-state index contributed by atoms with van der Waals surface area (Å²) in [5.74, 6) is 0. The minimum atomic E-state index is -0.405. The maximum absolute atomic E-state index is 4.45. The van der Waals surface area contributed by atoms with E-state index in [0.29, 0.717) is 0 Å². The molecule has 0 aliphatic heterocycles. The summed E-state index contributed by atoms with van der Waals surface area (Å²) >= 11 is 3.79. The molecule has 1 heteroatoms. The second kappa shape index (κ2) is 7.89. The molecule has 0 amide bonds. The molecule has 0 fully saturated rings. The highest BCUT2D eigenvalue weighted by Crippen LogP contribution is 2.57. The van der Waals surface area contributed by atoms with Gasteiger partial charge >= 0.3 is 0 Å². The average molecular weight is 509 g/mol. The standard InChI is InChI=1S/C33H32Br/c1-31(2,3)22-11-9-13-24(19-22)33(25-14-10-12-23(20-25)32(4,5)6)29-16-8-7-15-27(29)28-18-17-26(34)21-30(28)33/h7-21H,1H2,2-6H3/q+1. The molecule has 170 valence electrons. The number of halogens is 1. The molecule has 4 aromatic rings. The molecule has 0 bridgehead atoms. The van der Waals surface area contributed by atoms with Crippen LogP contribution in [-0.4, -0.2) is 0 Å². The van der Waals surface area contributed by atoms with Crippen LogP contribution < -0.4 is 0 Å². The van der Waals surface area contributed by atoms with Gasteiger partial charge in [-0.3, -0.25) is 0 Å². The SMILES string of the molecule is [CH2+]C(C)(C)c1cccc(C2(c3cccc(C(C)(C)C)c3)c3ccccc3-c3ccc(Br)cc32)c1. The minimum absolute atomic E-state index is 0.0621. The molecule has 0 N–H and O–H groups in total. The molecule has 1 aliphatic carbocycles. The summed E-state index contributed by atoms with van der Waals surface area (Å²) in [5, 5.41) is 0. The molecule has 0 nitrogen and oxygen atoms in total. The first-order valence-corrected chi connectivity index (χ1v) is 12.8. The molecule has 1 unspecified atom stereocenters. The molecule has 0 heterocycles. The minimum Gasteiger partial charge on any atom is -0.0619 e. The smallest absolute Gasteiger partial charge is 0.0619 e. The second-order valence-electron chi connectivity index (χ2n) is 11.3. The van der Waals surface area contributed by atoms with E-state index in [-0.39, 0.29) is 10.8 Å². The Morgan fingerprint density at radius 1 is 0.618 bits per heavy atom. The van der Waals surface area contributed by atoms with Gasteiger partial charge < -0.3 is 0 Å². The van der Waals surface area contributed by atoms with Crippen molar-refractivity contribution >= 4 is 15.9 Å². The van der Waals surface area contributed by atoms with Crippen molar-refractivity contribution in [1.82, 2.24) is 0 Å². The van der Waals surface area contributed by atoms with Crippen LogP contribution in [0, 0.1) is 6.92 Å². The van der Waals surface area contributed by atoms with Gasteiger partial charge in [-0.1, -0.05) is 109 Å². The molecule has 0 saturated carbocycles. The highest BCUT2D eigenvalue weighted by molar-refractivity contribution is 9.10. The van der Waals surface area contributed by atoms with Crippen molar-refractivity contribution in [1.29, 1.82) is 0 Å². The molecular formula is C33H32Br+. The quantitative estimate of drug-likeness (QED) is 0.213. The van der Waals surface area contributed by atoms with E-state index in [1.807, 2.05) is 0 Å². The van der Waals surface area contributed by atoms with E-state index in [0.717, 1.165) is 4.47 Å². The molecule has 1 atom stereocenters. The zero-order chi connectivity index (χ0) is 24.3. The first-order chi connectivity index (χ1) is 16.0. The van der Waals surface area contributed by atoms with Crippen LogP contribution in [-0.2, 0) is 16.2 Å². The summed E-state index contributed by atoms with van der Waals surface area (Å²) in [7, 11) is 0. The van der Waals surface area contributed by atoms with Crippen molar-refractivity contribution in [3.05, 3.63) is 136 Å². The number of hydrogen-bond acceptors (Lipinski definition) is 0.